The molecule has 1 saturated heterocycles. The number of nitrogens with zero attached hydrogens (tertiary/aromatic N) is 3. The van der Waals surface area contributed by atoms with Crippen LogP contribution >= 0.6 is 0 Å². The van der Waals surface area contributed by atoms with Gasteiger partial charge in [-0.2, -0.15) is 0 Å². The Labute approximate surface area is 182 Å². The Morgan fingerprint density at radius 2 is 1.72 bits per heavy atom. The molecule has 5 heterocycles. The quantitative estimate of drug-likeness (QED) is 0.293. The number of carbonyl (C=O) groups is 1. The third-order valence-electron chi connectivity index (χ3n) is 7.82. The van der Waals surface area contributed by atoms with Gasteiger partial charge >= 0.3 is 0 Å². The molecule has 7 nitrogen and oxygen atoms in total. The van der Waals surface area contributed by atoms with Gasteiger partial charge in [0.2, 0.25) is 0 Å². The van der Waals surface area contributed by atoms with Crippen LogP contribution in [0, 0.1) is 0 Å². The molecule has 5 aromatic rings. The lowest BCUT2D eigenvalue weighted by Gasteiger charge is -2.30. The van der Waals surface area contributed by atoms with E-state index in [1.807, 2.05) is 31.2 Å². The third-order valence-corrected chi connectivity index (χ3v) is 7.82. The second-order valence-corrected chi connectivity index (χ2v) is 9.35. The minimum absolute atomic E-state index is 0.150. The van der Waals surface area contributed by atoms with Crippen LogP contribution in [0.2, 0.25) is 0 Å². The molecule has 2 aromatic heterocycles. The molecule has 1 fully saturated rings. The predicted octanol–water partition coefficient (Wildman–Crippen LogP) is 3.70. The Kier molecular flexibility index (Phi) is 2.77. The second-order valence-electron chi connectivity index (χ2n) is 9.35. The summed E-state index contributed by atoms with van der Waals surface area (Å²) in [5, 5.41) is 16.6. The molecule has 0 aliphatic carbocycles. The topological polar surface area (TPSA) is 85.7 Å². The molecule has 0 saturated carbocycles. The Morgan fingerprint density at radius 1 is 1.03 bits per heavy atom. The monoisotopic (exact) mass is 424 g/mol. The minimum atomic E-state index is -0.918. The van der Waals surface area contributed by atoms with E-state index in [4.69, 9.17) is 10.6 Å². The fourth-order valence-corrected chi connectivity index (χ4v) is 6.51. The van der Waals surface area contributed by atoms with Gasteiger partial charge in [-0.25, -0.2) is 5.84 Å². The Balaban J connectivity index is 1.79. The summed E-state index contributed by atoms with van der Waals surface area (Å²) in [5.74, 6) is 6.03. The number of para-hydroxylation sites is 2. The van der Waals surface area contributed by atoms with Crippen molar-refractivity contribution in [2.24, 2.45) is 5.84 Å². The molecule has 3 aliphatic rings. The van der Waals surface area contributed by atoms with Gasteiger partial charge in [0.25, 0.3) is 5.91 Å². The number of hydrazine groups is 1. The number of benzene rings is 3. The Bertz CT molecular complexity index is 1700. The average molecular weight is 424 g/mol. The highest BCUT2D eigenvalue weighted by atomic mass is 16.6. The first-order chi connectivity index (χ1) is 15.5. The van der Waals surface area contributed by atoms with Gasteiger partial charge in [0.1, 0.15) is 12.3 Å². The smallest absolute Gasteiger partial charge is 0.269 e. The molecule has 1 unspecified atom stereocenters. The van der Waals surface area contributed by atoms with Crippen LogP contribution in [0.3, 0.4) is 0 Å². The van der Waals surface area contributed by atoms with Crippen molar-refractivity contribution in [2.75, 3.05) is 0 Å². The molecule has 3 aromatic carbocycles. The summed E-state index contributed by atoms with van der Waals surface area (Å²) < 4.78 is 11.0. The van der Waals surface area contributed by atoms with Crippen molar-refractivity contribution in [2.45, 2.75) is 37.9 Å². The summed E-state index contributed by atoms with van der Waals surface area (Å²) in [4.78, 5) is 13.3. The van der Waals surface area contributed by atoms with Crippen LogP contribution in [0.25, 0.3) is 43.6 Å². The standard InChI is InChI=1S/C25H20N4O3/c1-25-17(30)10-18(32-25)28-15-8-4-2-6-12(15)20-21-14(11-27(26)24(21)31)19-13-7-3-5-9-16(13)29(25)23(19)22(20)28/h2-9,17-18,30H,10-11,26H2,1H3/t17-,18?,25-/m0/s1. The fraction of sp³-hybridized carbons (Fsp3) is 0.240. The van der Waals surface area contributed by atoms with E-state index in [1.54, 1.807) is 0 Å². The van der Waals surface area contributed by atoms with Crippen LogP contribution in [0.15, 0.2) is 48.5 Å². The number of rotatable bonds is 0. The normalized spacial score (nSPS) is 26.3. The number of hydrogen-bond donors (Lipinski definition) is 2. The second kappa shape index (κ2) is 5.15. The summed E-state index contributed by atoms with van der Waals surface area (Å²) >= 11 is 0. The summed E-state index contributed by atoms with van der Waals surface area (Å²) in [6.45, 7) is 2.33. The molecule has 32 heavy (non-hydrogen) atoms. The summed E-state index contributed by atoms with van der Waals surface area (Å²) in [6, 6.07) is 16.3. The van der Waals surface area contributed by atoms with Gasteiger partial charge in [-0.05, 0) is 24.6 Å². The van der Waals surface area contributed by atoms with E-state index in [0.29, 0.717) is 18.5 Å². The first kappa shape index (κ1) is 17.2. The van der Waals surface area contributed by atoms with Crippen LogP contribution in [0.4, 0.5) is 0 Å². The Hall–Kier alpha value is -3.39. The molecule has 1 amide bonds. The van der Waals surface area contributed by atoms with E-state index >= 15 is 0 Å². The highest BCUT2D eigenvalue weighted by Gasteiger charge is 2.51. The number of carbonyl (C=O) groups excluding carboxylic acids is 1. The number of aliphatic hydroxyl groups is 1. The molecule has 0 radical (unpaired) electrons. The van der Waals surface area contributed by atoms with Gasteiger partial charge in [0, 0.05) is 28.0 Å². The highest BCUT2D eigenvalue weighted by molar-refractivity contribution is 6.30. The highest BCUT2D eigenvalue weighted by Crippen LogP contribution is 2.54. The molecule has 158 valence electrons. The van der Waals surface area contributed by atoms with Gasteiger partial charge in [0.15, 0.2) is 5.72 Å². The zero-order valence-corrected chi connectivity index (χ0v) is 17.4. The lowest BCUT2D eigenvalue weighted by Crippen LogP contribution is -2.39. The lowest BCUT2D eigenvalue weighted by molar-refractivity contribution is -0.135. The van der Waals surface area contributed by atoms with Crippen LogP contribution in [-0.2, 0) is 17.0 Å². The Morgan fingerprint density at radius 3 is 2.50 bits per heavy atom. The van der Waals surface area contributed by atoms with Gasteiger partial charge < -0.3 is 19.0 Å². The summed E-state index contributed by atoms with van der Waals surface area (Å²) in [7, 11) is 0. The van der Waals surface area contributed by atoms with E-state index in [-0.39, 0.29) is 12.1 Å². The van der Waals surface area contributed by atoms with Crippen LogP contribution < -0.4 is 5.84 Å². The predicted molar refractivity (Wildman–Crippen MR) is 121 cm³/mol. The maximum Gasteiger partial charge on any atom is 0.269 e. The van der Waals surface area contributed by atoms with Gasteiger partial charge in [-0.1, -0.05) is 36.4 Å². The first-order valence-corrected chi connectivity index (χ1v) is 10.9. The van der Waals surface area contributed by atoms with E-state index in [1.165, 1.54) is 5.01 Å². The molecule has 8 rings (SSSR count). The third kappa shape index (κ3) is 1.63. The molecular weight excluding hydrogens is 404 g/mol. The maximum atomic E-state index is 13.3. The average Bonchev–Trinajstić information content (AvgIpc) is 3.46. The van der Waals surface area contributed by atoms with Crippen LogP contribution in [0.1, 0.15) is 35.5 Å². The molecule has 7 heteroatoms. The van der Waals surface area contributed by atoms with Gasteiger partial charge in [-0.3, -0.25) is 9.80 Å². The van der Waals surface area contributed by atoms with Crippen molar-refractivity contribution in [3.05, 3.63) is 59.7 Å². The molecule has 0 spiro atoms. The number of fused-ring (bicyclic) bond motifs is 13. The minimum Gasteiger partial charge on any atom is -0.388 e. The largest absolute Gasteiger partial charge is 0.388 e. The fourth-order valence-electron chi connectivity index (χ4n) is 6.51. The van der Waals surface area contributed by atoms with Crippen molar-refractivity contribution >= 4 is 49.5 Å². The molecule has 2 bridgehead atoms. The van der Waals surface area contributed by atoms with Crippen molar-refractivity contribution in [3.63, 3.8) is 0 Å². The van der Waals surface area contributed by atoms with E-state index < -0.39 is 11.8 Å². The van der Waals surface area contributed by atoms with Crippen LogP contribution in [0.5, 0.6) is 0 Å². The van der Waals surface area contributed by atoms with Crippen molar-refractivity contribution in [1.29, 1.82) is 0 Å². The van der Waals surface area contributed by atoms with Gasteiger partial charge in [-0.15, -0.1) is 0 Å². The SMILES string of the molecule is C[C@]12OC(C[C@@H]1O)n1c3ccccc3c3c4c(c5c6ccccc6n2c5c31)CN(N)C4=O. The molecular formula is C25H20N4O3. The van der Waals surface area contributed by atoms with Gasteiger partial charge in [0.05, 0.1) is 34.2 Å². The number of amides is 1. The van der Waals surface area contributed by atoms with E-state index in [0.717, 1.165) is 49.2 Å². The lowest BCUT2D eigenvalue weighted by atomic mass is 9.96. The van der Waals surface area contributed by atoms with Crippen molar-refractivity contribution in [3.8, 4) is 0 Å². The number of nitrogens with two attached hydrogens (primary N) is 1. The zero-order valence-electron chi connectivity index (χ0n) is 17.4. The zero-order chi connectivity index (χ0) is 21.5. The summed E-state index contributed by atoms with van der Waals surface area (Å²) in [6.07, 6.45) is -0.522. The number of hydrogen-bond acceptors (Lipinski definition) is 4. The molecule has 3 N–H and O–H groups in total. The van der Waals surface area contributed by atoms with Crippen molar-refractivity contribution < 1.29 is 14.6 Å². The number of ether oxygens (including phenoxy) is 1. The van der Waals surface area contributed by atoms with Crippen molar-refractivity contribution in [1.82, 2.24) is 14.1 Å². The summed E-state index contributed by atoms with van der Waals surface area (Å²) in [5.41, 5.74) is 4.70. The maximum absolute atomic E-state index is 13.3. The number of aliphatic hydroxyl groups excluding tert-OH is 1. The molecule has 3 atom stereocenters. The first-order valence-electron chi connectivity index (χ1n) is 10.9. The van der Waals surface area contributed by atoms with E-state index in [2.05, 4.69) is 33.4 Å². The van der Waals surface area contributed by atoms with E-state index in [9.17, 15) is 9.90 Å². The molecule has 3 aliphatic heterocycles. The number of aromatic nitrogens is 2. The van der Waals surface area contributed by atoms with Crippen LogP contribution in [-0.4, -0.2) is 31.3 Å².